The highest BCUT2D eigenvalue weighted by Crippen LogP contribution is 2.49. The SMILES string of the molecule is CCOP(=O)(Nc1cc2ccccc2c2ccccc12)OCC. The fourth-order valence-corrected chi connectivity index (χ4v) is 4.10. The number of fused-ring (bicyclic) bond motifs is 3. The molecule has 5 heteroatoms. The van der Waals surface area contributed by atoms with E-state index in [4.69, 9.17) is 9.05 Å². The predicted molar refractivity (Wildman–Crippen MR) is 95.9 cm³/mol. The van der Waals surface area contributed by atoms with Crippen molar-refractivity contribution in [2.24, 2.45) is 0 Å². The van der Waals surface area contributed by atoms with Crippen molar-refractivity contribution >= 4 is 35.0 Å². The summed E-state index contributed by atoms with van der Waals surface area (Å²) in [4.78, 5) is 0. The lowest BCUT2D eigenvalue weighted by molar-refractivity contribution is 0.225. The first-order chi connectivity index (χ1) is 11.2. The van der Waals surface area contributed by atoms with Crippen LogP contribution in [0, 0.1) is 0 Å². The molecule has 0 saturated heterocycles. The molecular formula is C18H20NO3P. The molecular weight excluding hydrogens is 309 g/mol. The van der Waals surface area contributed by atoms with Crippen LogP contribution in [0.3, 0.4) is 0 Å². The van der Waals surface area contributed by atoms with Crippen LogP contribution in [0.2, 0.25) is 0 Å². The number of hydrogen-bond acceptors (Lipinski definition) is 3. The van der Waals surface area contributed by atoms with Gasteiger partial charge < -0.3 is 0 Å². The first-order valence-electron chi connectivity index (χ1n) is 7.74. The monoisotopic (exact) mass is 329 g/mol. The van der Waals surface area contributed by atoms with E-state index in [-0.39, 0.29) is 0 Å². The Morgan fingerprint density at radius 2 is 1.43 bits per heavy atom. The molecule has 0 atom stereocenters. The lowest BCUT2D eigenvalue weighted by Gasteiger charge is -2.20. The maximum Gasteiger partial charge on any atom is 0.432 e. The molecule has 0 bridgehead atoms. The molecule has 0 aliphatic rings. The molecule has 0 unspecified atom stereocenters. The minimum Gasteiger partial charge on any atom is -0.293 e. The molecule has 0 fully saturated rings. The van der Waals surface area contributed by atoms with Gasteiger partial charge in [0.1, 0.15) is 0 Å². The highest BCUT2D eigenvalue weighted by Gasteiger charge is 2.24. The summed E-state index contributed by atoms with van der Waals surface area (Å²) in [5.41, 5.74) is 0.754. The minimum absolute atomic E-state index is 0.315. The number of hydrogen-bond donors (Lipinski definition) is 1. The van der Waals surface area contributed by atoms with E-state index in [9.17, 15) is 4.57 Å². The fourth-order valence-electron chi connectivity index (χ4n) is 2.74. The predicted octanol–water partition coefficient (Wildman–Crippen LogP) is 5.59. The molecule has 0 amide bonds. The van der Waals surface area contributed by atoms with Gasteiger partial charge in [0.2, 0.25) is 0 Å². The van der Waals surface area contributed by atoms with E-state index in [1.54, 1.807) is 13.8 Å². The van der Waals surface area contributed by atoms with Crippen molar-refractivity contribution < 1.29 is 13.6 Å². The smallest absolute Gasteiger partial charge is 0.293 e. The third-order valence-electron chi connectivity index (χ3n) is 3.62. The maximum atomic E-state index is 12.8. The zero-order valence-corrected chi connectivity index (χ0v) is 14.2. The molecule has 0 spiro atoms. The molecule has 0 saturated carbocycles. The van der Waals surface area contributed by atoms with Gasteiger partial charge >= 0.3 is 7.75 Å². The third-order valence-corrected chi connectivity index (χ3v) is 5.33. The summed E-state index contributed by atoms with van der Waals surface area (Å²) in [5, 5.41) is 7.34. The molecule has 0 aliphatic carbocycles. The number of nitrogens with one attached hydrogen (secondary N) is 1. The molecule has 0 heterocycles. The van der Waals surface area contributed by atoms with Crippen LogP contribution in [0.1, 0.15) is 13.8 Å². The Labute approximate surface area is 136 Å². The van der Waals surface area contributed by atoms with Gasteiger partial charge in [0.15, 0.2) is 0 Å². The average molecular weight is 329 g/mol. The van der Waals surface area contributed by atoms with Crippen molar-refractivity contribution in [2.75, 3.05) is 18.3 Å². The zero-order chi connectivity index (χ0) is 16.3. The van der Waals surface area contributed by atoms with Crippen LogP contribution in [0.25, 0.3) is 21.5 Å². The fraction of sp³-hybridized carbons (Fsp3) is 0.222. The quantitative estimate of drug-likeness (QED) is 0.473. The largest absolute Gasteiger partial charge is 0.432 e. The average Bonchev–Trinajstić information content (AvgIpc) is 2.55. The summed E-state index contributed by atoms with van der Waals surface area (Å²) in [7, 11) is -3.37. The van der Waals surface area contributed by atoms with Crippen LogP contribution in [0.15, 0.2) is 54.6 Å². The van der Waals surface area contributed by atoms with Gasteiger partial charge in [-0.2, -0.15) is 0 Å². The molecule has 0 radical (unpaired) electrons. The van der Waals surface area contributed by atoms with Crippen LogP contribution in [-0.4, -0.2) is 13.2 Å². The lowest BCUT2D eigenvalue weighted by atomic mass is 10.0. The van der Waals surface area contributed by atoms with Crippen LogP contribution in [0.4, 0.5) is 5.69 Å². The van der Waals surface area contributed by atoms with Gasteiger partial charge in [-0.05, 0) is 36.1 Å². The van der Waals surface area contributed by atoms with Gasteiger partial charge in [-0.3, -0.25) is 14.1 Å². The summed E-state index contributed by atoms with van der Waals surface area (Å²) in [5.74, 6) is 0. The Bertz CT molecular complexity index is 868. The molecule has 4 nitrogen and oxygen atoms in total. The van der Waals surface area contributed by atoms with Crippen molar-refractivity contribution in [3.63, 3.8) is 0 Å². The summed E-state index contributed by atoms with van der Waals surface area (Å²) in [6.07, 6.45) is 0. The molecule has 3 rings (SSSR count). The first-order valence-corrected chi connectivity index (χ1v) is 9.29. The van der Waals surface area contributed by atoms with E-state index < -0.39 is 7.75 Å². The Morgan fingerprint density at radius 1 is 0.870 bits per heavy atom. The normalized spacial score (nSPS) is 11.9. The molecule has 1 N–H and O–H groups in total. The van der Waals surface area contributed by atoms with Crippen LogP contribution >= 0.6 is 7.75 Å². The second kappa shape index (κ2) is 6.71. The maximum absolute atomic E-state index is 12.8. The number of rotatable bonds is 6. The second-order valence-electron chi connectivity index (χ2n) is 5.14. The second-order valence-corrected chi connectivity index (χ2v) is 6.87. The molecule has 23 heavy (non-hydrogen) atoms. The lowest BCUT2D eigenvalue weighted by Crippen LogP contribution is -2.05. The molecule has 3 aromatic rings. The van der Waals surface area contributed by atoms with Crippen LogP contribution in [0.5, 0.6) is 0 Å². The van der Waals surface area contributed by atoms with E-state index in [1.165, 1.54) is 0 Å². The summed E-state index contributed by atoms with van der Waals surface area (Å²) in [6, 6.07) is 18.2. The van der Waals surface area contributed by atoms with E-state index >= 15 is 0 Å². The van der Waals surface area contributed by atoms with Gasteiger partial charge in [-0.1, -0.05) is 48.5 Å². The Morgan fingerprint density at radius 3 is 2.09 bits per heavy atom. The van der Waals surface area contributed by atoms with Crippen molar-refractivity contribution in [1.29, 1.82) is 0 Å². The standard InChI is InChI=1S/C18H20NO3P/c1-3-21-23(20,22-4-2)19-18-13-14-9-5-6-10-15(14)16-11-7-8-12-17(16)18/h5-13H,3-4H2,1-2H3,(H,19,20). The first kappa shape index (κ1) is 16.0. The van der Waals surface area contributed by atoms with E-state index in [2.05, 4.69) is 17.2 Å². The molecule has 0 aliphatic heterocycles. The number of benzene rings is 3. The molecule has 120 valence electrons. The third kappa shape index (κ3) is 3.25. The highest BCUT2D eigenvalue weighted by atomic mass is 31.2. The summed E-state index contributed by atoms with van der Waals surface area (Å²) in [6.45, 7) is 4.23. The van der Waals surface area contributed by atoms with Crippen LogP contribution in [-0.2, 0) is 13.6 Å². The van der Waals surface area contributed by atoms with Crippen molar-refractivity contribution in [2.45, 2.75) is 13.8 Å². The zero-order valence-electron chi connectivity index (χ0n) is 13.3. The van der Waals surface area contributed by atoms with Gasteiger partial charge in [-0.25, -0.2) is 4.57 Å². The highest BCUT2D eigenvalue weighted by molar-refractivity contribution is 7.55. The number of anilines is 1. The summed E-state index contributed by atoms with van der Waals surface area (Å²) >= 11 is 0. The molecule has 3 aromatic carbocycles. The molecule has 0 aromatic heterocycles. The van der Waals surface area contributed by atoms with E-state index in [0.29, 0.717) is 13.2 Å². The van der Waals surface area contributed by atoms with Gasteiger partial charge in [-0.15, -0.1) is 0 Å². The Hall–Kier alpha value is -1.87. The van der Waals surface area contributed by atoms with E-state index in [0.717, 1.165) is 27.2 Å². The Balaban J connectivity index is 2.17. The van der Waals surface area contributed by atoms with E-state index in [1.807, 2.05) is 42.5 Å². The van der Waals surface area contributed by atoms with Crippen molar-refractivity contribution in [1.82, 2.24) is 0 Å². The van der Waals surface area contributed by atoms with Gasteiger partial charge in [0.25, 0.3) is 0 Å². The van der Waals surface area contributed by atoms with Gasteiger partial charge in [0.05, 0.1) is 18.9 Å². The minimum atomic E-state index is -3.37. The topological polar surface area (TPSA) is 47.6 Å². The van der Waals surface area contributed by atoms with Gasteiger partial charge in [0, 0.05) is 5.39 Å². The Kier molecular flexibility index (Phi) is 4.67. The van der Waals surface area contributed by atoms with Crippen LogP contribution < -0.4 is 5.09 Å². The van der Waals surface area contributed by atoms with Crippen molar-refractivity contribution in [3.05, 3.63) is 54.6 Å². The van der Waals surface area contributed by atoms with Crippen molar-refractivity contribution in [3.8, 4) is 0 Å². The summed E-state index contributed by atoms with van der Waals surface area (Å²) < 4.78 is 23.5.